The van der Waals surface area contributed by atoms with E-state index in [4.69, 9.17) is 0 Å². The third-order valence-corrected chi connectivity index (χ3v) is 3.33. The van der Waals surface area contributed by atoms with Crippen molar-refractivity contribution in [2.24, 2.45) is 0 Å². The Morgan fingerprint density at radius 2 is 1.14 bits per heavy atom. The monoisotopic (exact) mass is 242 g/mol. The molecule has 0 aromatic heterocycles. The quantitative estimate of drug-likeness (QED) is 0.515. The first-order valence-corrected chi connectivity index (χ1v) is 5.41. The molecule has 44 valence electrons. The summed E-state index contributed by atoms with van der Waals surface area (Å²) in [5.74, 6) is 0. The van der Waals surface area contributed by atoms with E-state index in [2.05, 4.69) is 2.72 Å². The van der Waals surface area contributed by atoms with E-state index in [-0.39, 0.29) is 0 Å². The summed E-state index contributed by atoms with van der Waals surface area (Å²) in [6.07, 6.45) is 0. The molecule has 0 bridgehead atoms. The van der Waals surface area contributed by atoms with Crippen LogP contribution >= 0.6 is 0 Å². The van der Waals surface area contributed by atoms with Gasteiger partial charge in [0.2, 0.25) is 0 Å². The van der Waals surface area contributed by atoms with Gasteiger partial charge in [-0.15, -0.1) is 0 Å². The minimum atomic E-state index is -4.47. The Balaban J connectivity index is 2.95. The number of halogens is 4. The average molecular weight is 242 g/mol. The predicted octanol–water partition coefficient (Wildman–Crippen LogP) is 0.851. The van der Waals surface area contributed by atoms with Gasteiger partial charge in [0.15, 0.2) is 0 Å². The fourth-order valence-corrected chi connectivity index (χ4v) is 1.26. The molecule has 0 aliphatic heterocycles. The molecule has 0 saturated heterocycles. The van der Waals surface area contributed by atoms with Gasteiger partial charge in [0.05, 0.1) is 0 Å². The summed E-state index contributed by atoms with van der Waals surface area (Å²) in [6.45, 7) is 0. The molecule has 0 heterocycles. The van der Waals surface area contributed by atoms with Gasteiger partial charge in [0.1, 0.15) is 0 Å². The second-order valence-corrected chi connectivity index (χ2v) is 4.30. The molecule has 0 atom stereocenters. The number of hydrogen-bond acceptors (Lipinski definition) is 1. The third-order valence-electron chi connectivity index (χ3n) is 0.123. The van der Waals surface area contributed by atoms with Crippen LogP contribution in [-0.4, -0.2) is 31.9 Å². The van der Waals surface area contributed by atoms with Crippen molar-refractivity contribution in [1.29, 1.82) is 0 Å². The predicted molar refractivity (Wildman–Crippen MR) is 17.0 cm³/mol. The first-order valence-electron chi connectivity index (χ1n) is 1.04. The molecule has 0 fully saturated rings. The molecule has 0 N–H and O–H groups in total. The number of rotatable bonds is 2. The molecule has 7 heteroatoms. The zero-order valence-corrected chi connectivity index (χ0v) is 6.57. The topological polar surface area (TPSA) is 9.23 Å². The zero-order chi connectivity index (χ0) is 5.86. The van der Waals surface area contributed by atoms with E-state index in [1.807, 2.05) is 0 Å². The van der Waals surface area contributed by atoms with E-state index >= 15 is 0 Å². The fraction of sp³-hybridized carbons (Fsp3) is 0. The van der Waals surface area contributed by atoms with Crippen LogP contribution in [0.5, 0.6) is 0 Å². The summed E-state index contributed by atoms with van der Waals surface area (Å²) in [6, 6.07) is 0. The molecule has 0 spiro atoms. The first kappa shape index (κ1) is 7.80. The van der Waals surface area contributed by atoms with Gasteiger partial charge in [-0.1, -0.05) is 0 Å². The van der Waals surface area contributed by atoms with Crippen LogP contribution in [0, 0.1) is 0 Å². The third kappa shape index (κ3) is 6.80. The van der Waals surface area contributed by atoms with Crippen molar-refractivity contribution in [3.05, 3.63) is 0 Å². The van der Waals surface area contributed by atoms with Crippen LogP contribution < -0.4 is 0 Å². The van der Waals surface area contributed by atoms with Crippen LogP contribution in [0.15, 0.2) is 0 Å². The minimum absolute atomic E-state index is 2.88. The molecule has 0 aliphatic carbocycles. The van der Waals surface area contributed by atoms with Crippen LogP contribution in [0.2, 0.25) is 0 Å². The maximum atomic E-state index is 10.8. The van der Waals surface area contributed by atoms with Crippen LogP contribution in [0.1, 0.15) is 0 Å². The van der Waals surface area contributed by atoms with Crippen molar-refractivity contribution >= 4 is 31.9 Å². The van der Waals surface area contributed by atoms with Gasteiger partial charge in [0, 0.05) is 0 Å². The standard InChI is InChI=1S/As2F4O/c3-1(4)7-2(5)6. The first-order chi connectivity index (χ1) is 3.13. The fourth-order valence-electron chi connectivity index (χ4n) is 0.0467. The Bertz CT molecular complexity index is 39.0. The van der Waals surface area contributed by atoms with Crippen molar-refractivity contribution in [1.82, 2.24) is 0 Å². The Morgan fingerprint density at radius 3 is 1.14 bits per heavy atom. The zero-order valence-electron chi connectivity index (χ0n) is 2.81. The van der Waals surface area contributed by atoms with Crippen LogP contribution in [-0.2, 0) is 2.72 Å². The second kappa shape index (κ2) is 3.76. The van der Waals surface area contributed by atoms with Crippen LogP contribution in [0.4, 0.5) is 13.9 Å². The summed E-state index contributed by atoms with van der Waals surface area (Å²) in [5, 5.41) is 0. The van der Waals surface area contributed by atoms with E-state index < -0.39 is 31.9 Å². The second-order valence-electron chi connectivity index (χ2n) is 0.485. The molecule has 0 aromatic rings. The van der Waals surface area contributed by atoms with E-state index in [0.29, 0.717) is 0 Å². The summed E-state index contributed by atoms with van der Waals surface area (Å²) < 4.78 is 45.9. The molecular formula is As2F4O. The molecule has 0 amide bonds. The molecule has 0 unspecified atom stereocenters. The molecule has 7 heavy (non-hydrogen) atoms. The number of hydrogen-bond donors (Lipinski definition) is 0. The summed E-state index contributed by atoms with van der Waals surface area (Å²) in [7, 11) is 0. The molecule has 0 saturated carbocycles. The van der Waals surface area contributed by atoms with E-state index in [1.54, 1.807) is 0 Å². The van der Waals surface area contributed by atoms with Crippen molar-refractivity contribution in [2.45, 2.75) is 0 Å². The molecular weight excluding hydrogens is 242 g/mol. The Labute approximate surface area is 48.9 Å². The molecule has 1 nitrogen and oxygen atoms in total. The van der Waals surface area contributed by atoms with Gasteiger partial charge in [-0.3, -0.25) is 0 Å². The van der Waals surface area contributed by atoms with Gasteiger partial charge >= 0.3 is 48.4 Å². The van der Waals surface area contributed by atoms with Crippen molar-refractivity contribution in [3.8, 4) is 0 Å². The SMILES string of the molecule is F[As](F)O[As](F)F. The average Bonchev–Trinajstić information content (AvgIpc) is 1.27. The molecule has 0 aromatic carbocycles. The summed E-state index contributed by atoms with van der Waals surface area (Å²) >= 11 is -8.94. The van der Waals surface area contributed by atoms with Crippen LogP contribution in [0.25, 0.3) is 0 Å². The summed E-state index contributed by atoms with van der Waals surface area (Å²) in [5.41, 5.74) is 0. The van der Waals surface area contributed by atoms with Gasteiger partial charge in [-0.2, -0.15) is 0 Å². The van der Waals surface area contributed by atoms with Gasteiger partial charge in [-0.05, 0) is 0 Å². The van der Waals surface area contributed by atoms with Crippen LogP contribution in [0.3, 0.4) is 0 Å². The maximum absolute atomic E-state index is 10.8. The van der Waals surface area contributed by atoms with Gasteiger partial charge in [-0.25, -0.2) is 0 Å². The summed E-state index contributed by atoms with van der Waals surface area (Å²) in [4.78, 5) is 0. The molecule has 0 radical (unpaired) electrons. The van der Waals surface area contributed by atoms with Gasteiger partial charge in [0.25, 0.3) is 0 Å². The van der Waals surface area contributed by atoms with Crippen molar-refractivity contribution < 1.29 is 16.6 Å². The van der Waals surface area contributed by atoms with Gasteiger partial charge < -0.3 is 0 Å². The normalized spacial score (nSPS) is 11.1. The Morgan fingerprint density at radius 1 is 0.857 bits per heavy atom. The van der Waals surface area contributed by atoms with Crippen molar-refractivity contribution in [2.75, 3.05) is 0 Å². The van der Waals surface area contributed by atoms with Crippen molar-refractivity contribution in [3.63, 3.8) is 0 Å². The molecule has 0 rings (SSSR count). The van der Waals surface area contributed by atoms with E-state index in [1.165, 1.54) is 0 Å². The Kier molecular flexibility index (Phi) is 4.18. The Hall–Kier alpha value is 0.797. The van der Waals surface area contributed by atoms with E-state index in [0.717, 1.165) is 0 Å². The van der Waals surface area contributed by atoms with E-state index in [9.17, 15) is 13.9 Å². The molecule has 0 aliphatic rings.